The highest BCUT2D eigenvalue weighted by Gasteiger charge is 2.20. The van der Waals surface area contributed by atoms with E-state index >= 15 is 0 Å². The summed E-state index contributed by atoms with van der Waals surface area (Å²) < 4.78 is 0. The lowest BCUT2D eigenvalue weighted by atomic mass is 9.89. The molecule has 0 aliphatic heterocycles. The molecule has 0 spiro atoms. The quantitative estimate of drug-likeness (QED) is 0.639. The molecule has 0 saturated heterocycles. The highest BCUT2D eigenvalue weighted by molar-refractivity contribution is 8.13. The number of rotatable bonds is 9. The Bertz CT molecular complexity index is 284. The van der Waals surface area contributed by atoms with Crippen LogP contribution in [0.1, 0.15) is 47.0 Å². The molecule has 2 N–H and O–H groups in total. The molecule has 3 atom stereocenters. The van der Waals surface area contributed by atoms with Crippen molar-refractivity contribution in [2.45, 2.75) is 53.1 Å². The highest BCUT2D eigenvalue weighted by Crippen LogP contribution is 2.21. The van der Waals surface area contributed by atoms with Gasteiger partial charge >= 0.3 is 0 Å². The zero-order valence-electron chi connectivity index (χ0n) is 12.4. The lowest BCUT2D eigenvalue weighted by Crippen LogP contribution is -2.25. The molecule has 0 aromatic carbocycles. The Hall–Kier alpha value is -0.550. The lowest BCUT2D eigenvalue weighted by molar-refractivity contribution is -0.119. The number of hydrogen-bond donors (Lipinski definition) is 2. The van der Waals surface area contributed by atoms with Crippen LogP contribution in [0, 0.1) is 11.8 Å². The molecule has 0 aromatic heterocycles. The summed E-state index contributed by atoms with van der Waals surface area (Å²) in [4.78, 5) is 22.3. The average molecular weight is 289 g/mol. The van der Waals surface area contributed by atoms with Crippen LogP contribution in [0.25, 0.3) is 0 Å². The Morgan fingerprint density at radius 3 is 2.42 bits per heavy atom. The van der Waals surface area contributed by atoms with Crippen molar-refractivity contribution in [2.75, 3.05) is 12.3 Å². The first-order valence-corrected chi connectivity index (χ1v) is 7.95. The van der Waals surface area contributed by atoms with Gasteiger partial charge in [-0.1, -0.05) is 39.0 Å². The minimum absolute atomic E-state index is 0.0710. The van der Waals surface area contributed by atoms with Crippen molar-refractivity contribution in [3.8, 4) is 0 Å². The molecular weight excluding hydrogens is 262 g/mol. The molecule has 0 aliphatic carbocycles. The predicted molar refractivity (Wildman–Crippen MR) is 80.0 cm³/mol. The molecule has 112 valence electrons. The fraction of sp³-hybridized carbons (Fsp3) is 0.857. The van der Waals surface area contributed by atoms with E-state index in [-0.39, 0.29) is 29.0 Å². The van der Waals surface area contributed by atoms with Gasteiger partial charge in [-0.2, -0.15) is 0 Å². The zero-order valence-corrected chi connectivity index (χ0v) is 13.3. The summed E-state index contributed by atoms with van der Waals surface area (Å²) >= 11 is 1.25. The van der Waals surface area contributed by atoms with E-state index in [1.54, 1.807) is 0 Å². The fourth-order valence-corrected chi connectivity index (χ4v) is 2.48. The van der Waals surface area contributed by atoms with Crippen LogP contribution in [0.2, 0.25) is 0 Å². The van der Waals surface area contributed by atoms with Gasteiger partial charge in [-0.25, -0.2) is 0 Å². The summed E-state index contributed by atoms with van der Waals surface area (Å²) in [6, 6.07) is 0. The van der Waals surface area contributed by atoms with Crippen molar-refractivity contribution in [3.63, 3.8) is 0 Å². The molecule has 5 heteroatoms. The van der Waals surface area contributed by atoms with Crippen LogP contribution >= 0.6 is 11.8 Å². The summed E-state index contributed by atoms with van der Waals surface area (Å²) in [5.41, 5.74) is 0. The Morgan fingerprint density at radius 1 is 1.26 bits per heavy atom. The Balaban J connectivity index is 3.74. The Morgan fingerprint density at radius 2 is 1.89 bits per heavy atom. The molecule has 1 amide bonds. The maximum absolute atomic E-state index is 11.6. The van der Waals surface area contributed by atoms with Crippen molar-refractivity contribution in [2.24, 2.45) is 11.8 Å². The van der Waals surface area contributed by atoms with E-state index in [1.807, 2.05) is 13.8 Å². The third-order valence-corrected chi connectivity index (χ3v) is 4.29. The van der Waals surface area contributed by atoms with Gasteiger partial charge in [0.2, 0.25) is 5.91 Å². The van der Waals surface area contributed by atoms with Gasteiger partial charge in [-0.15, -0.1) is 0 Å². The number of carbonyl (C=O) groups is 2. The van der Waals surface area contributed by atoms with Gasteiger partial charge < -0.3 is 10.4 Å². The first-order chi connectivity index (χ1) is 8.88. The highest BCUT2D eigenvalue weighted by atomic mass is 32.2. The summed E-state index contributed by atoms with van der Waals surface area (Å²) in [6.45, 7) is 8.07. The molecule has 4 nitrogen and oxygen atoms in total. The normalized spacial score (nSPS) is 15.6. The maximum Gasteiger partial charge on any atom is 0.216 e. The first-order valence-electron chi connectivity index (χ1n) is 6.96. The molecule has 0 radical (unpaired) electrons. The molecular formula is C14H27NO3S. The summed E-state index contributed by atoms with van der Waals surface area (Å²) in [5, 5.41) is 12.8. The van der Waals surface area contributed by atoms with E-state index in [9.17, 15) is 14.7 Å². The number of amides is 1. The Kier molecular flexibility index (Phi) is 9.97. The van der Waals surface area contributed by atoms with Crippen LogP contribution < -0.4 is 5.32 Å². The number of nitrogens with one attached hydrogen (secondary N) is 1. The van der Waals surface area contributed by atoms with Gasteiger partial charge in [0, 0.05) is 25.6 Å². The van der Waals surface area contributed by atoms with Gasteiger partial charge in [-0.3, -0.25) is 9.59 Å². The lowest BCUT2D eigenvalue weighted by Gasteiger charge is -2.23. The topological polar surface area (TPSA) is 66.4 Å². The van der Waals surface area contributed by atoms with Crippen molar-refractivity contribution in [1.82, 2.24) is 5.32 Å². The molecule has 19 heavy (non-hydrogen) atoms. The van der Waals surface area contributed by atoms with Gasteiger partial charge in [0.05, 0.1) is 6.10 Å². The van der Waals surface area contributed by atoms with E-state index in [0.717, 1.165) is 12.8 Å². The van der Waals surface area contributed by atoms with Crippen LogP contribution in [0.3, 0.4) is 0 Å². The molecule has 0 bridgehead atoms. The summed E-state index contributed by atoms with van der Waals surface area (Å²) in [7, 11) is 0. The average Bonchev–Trinajstić information content (AvgIpc) is 2.38. The first kappa shape index (κ1) is 18.4. The SMILES string of the molecule is CC[C@H](C)[C@@H](O)[C@@H](C)CCC(=O)SCCNC(C)=O. The van der Waals surface area contributed by atoms with Crippen molar-refractivity contribution >= 4 is 22.8 Å². The van der Waals surface area contributed by atoms with Crippen molar-refractivity contribution in [3.05, 3.63) is 0 Å². The van der Waals surface area contributed by atoms with Crippen LogP contribution in [0.4, 0.5) is 0 Å². The minimum atomic E-state index is -0.331. The number of hydrogen-bond acceptors (Lipinski definition) is 4. The molecule has 0 aromatic rings. The van der Waals surface area contributed by atoms with Gasteiger partial charge in [0.1, 0.15) is 0 Å². The van der Waals surface area contributed by atoms with E-state index in [4.69, 9.17) is 0 Å². The largest absolute Gasteiger partial charge is 0.393 e. The summed E-state index contributed by atoms with van der Waals surface area (Å²) in [5.74, 6) is 0.964. The third kappa shape index (κ3) is 9.05. The standard InChI is InChI=1S/C14H27NO3S/c1-5-10(2)14(18)11(3)6-7-13(17)19-9-8-15-12(4)16/h10-11,14,18H,5-9H2,1-4H3,(H,15,16)/t10-,11-,14+/m0/s1. The van der Waals surface area contributed by atoms with Gasteiger partial charge in [0.15, 0.2) is 5.12 Å². The molecule has 0 saturated carbocycles. The predicted octanol–water partition coefficient (Wildman–Crippen LogP) is 2.21. The maximum atomic E-state index is 11.6. The monoisotopic (exact) mass is 289 g/mol. The second-order valence-corrected chi connectivity index (χ2v) is 6.25. The second-order valence-electron chi connectivity index (χ2n) is 5.10. The number of aliphatic hydroxyl groups is 1. The van der Waals surface area contributed by atoms with E-state index in [2.05, 4.69) is 12.2 Å². The minimum Gasteiger partial charge on any atom is -0.393 e. The van der Waals surface area contributed by atoms with Crippen molar-refractivity contribution < 1.29 is 14.7 Å². The summed E-state index contributed by atoms with van der Waals surface area (Å²) in [6.07, 6.45) is 1.82. The number of carbonyl (C=O) groups excluding carboxylic acids is 2. The van der Waals surface area contributed by atoms with Gasteiger partial charge in [0.25, 0.3) is 0 Å². The fourth-order valence-electron chi connectivity index (χ4n) is 1.78. The molecule has 0 aliphatic rings. The van der Waals surface area contributed by atoms with Crippen LogP contribution in [0.5, 0.6) is 0 Å². The smallest absolute Gasteiger partial charge is 0.216 e. The second kappa shape index (κ2) is 10.3. The third-order valence-electron chi connectivity index (χ3n) is 3.35. The van der Waals surface area contributed by atoms with E-state index in [1.165, 1.54) is 18.7 Å². The van der Waals surface area contributed by atoms with Crippen LogP contribution in [0.15, 0.2) is 0 Å². The van der Waals surface area contributed by atoms with E-state index in [0.29, 0.717) is 18.7 Å². The van der Waals surface area contributed by atoms with Crippen molar-refractivity contribution in [1.29, 1.82) is 0 Å². The Labute approximate surface area is 120 Å². The van der Waals surface area contributed by atoms with Crippen LogP contribution in [-0.2, 0) is 9.59 Å². The van der Waals surface area contributed by atoms with E-state index < -0.39 is 0 Å². The van der Waals surface area contributed by atoms with Gasteiger partial charge in [-0.05, 0) is 18.3 Å². The molecule has 0 heterocycles. The number of aliphatic hydroxyl groups excluding tert-OH is 1. The molecule has 0 unspecified atom stereocenters. The molecule has 0 fully saturated rings. The van der Waals surface area contributed by atoms with Crippen LogP contribution in [-0.4, -0.2) is 34.5 Å². The molecule has 0 rings (SSSR count). The zero-order chi connectivity index (χ0) is 14.8. The number of thioether (sulfide) groups is 1.